The molecule has 0 saturated heterocycles. The van der Waals surface area contributed by atoms with Crippen LogP contribution in [0.25, 0.3) is 0 Å². The van der Waals surface area contributed by atoms with Crippen LogP contribution >= 0.6 is 0 Å². The highest BCUT2D eigenvalue weighted by Gasteiger charge is 2.47. The minimum Gasteiger partial charge on any atom is -0.461 e. The molecule has 0 spiro atoms. The van der Waals surface area contributed by atoms with Gasteiger partial charge in [-0.1, -0.05) is 13.8 Å². The van der Waals surface area contributed by atoms with E-state index in [0.29, 0.717) is 12.8 Å². The molecule has 2 atom stereocenters. The molecule has 1 aliphatic rings. The van der Waals surface area contributed by atoms with Crippen molar-refractivity contribution in [1.82, 2.24) is 4.72 Å². The van der Waals surface area contributed by atoms with Crippen LogP contribution in [0.1, 0.15) is 86.5 Å². The number of nitrogens with one attached hydrogen (secondary N) is 1. The Labute approximate surface area is 188 Å². The number of alkyl halides is 3. The number of ether oxygens (including phenoxy) is 2. The van der Waals surface area contributed by atoms with Gasteiger partial charge in [0.25, 0.3) is 0 Å². The quantitative estimate of drug-likeness (QED) is 0.432. The lowest BCUT2D eigenvalue weighted by molar-refractivity contribution is -0.175. The van der Waals surface area contributed by atoms with E-state index in [4.69, 9.17) is 9.47 Å². The average molecular weight is 488 g/mol. The third-order valence-corrected chi connectivity index (χ3v) is 7.46. The van der Waals surface area contributed by atoms with Crippen molar-refractivity contribution in [1.29, 1.82) is 0 Å². The Kier molecular flexibility index (Phi) is 9.21. The monoisotopic (exact) mass is 487 g/mol. The smallest absolute Gasteiger partial charge is 0.461 e. The summed E-state index contributed by atoms with van der Waals surface area (Å²) in [6.07, 6.45) is 3.60. The molecule has 0 aliphatic heterocycles. The Morgan fingerprint density at radius 1 is 1.06 bits per heavy atom. The van der Waals surface area contributed by atoms with Gasteiger partial charge in [0.2, 0.25) is 0 Å². The van der Waals surface area contributed by atoms with E-state index < -0.39 is 56.5 Å². The van der Waals surface area contributed by atoms with E-state index in [9.17, 15) is 31.2 Å². The highest BCUT2D eigenvalue weighted by Crippen LogP contribution is 2.42. The Morgan fingerprint density at radius 3 is 2.03 bits per heavy atom. The molecular formula is C21H36F3NO6S. The number of halogens is 3. The average Bonchev–Trinajstić information content (AvgIpc) is 3.14. The van der Waals surface area contributed by atoms with Crippen LogP contribution < -0.4 is 4.72 Å². The van der Waals surface area contributed by atoms with Gasteiger partial charge >= 0.3 is 27.5 Å². The molecule has 32 heavy (non-hydrogen) atoms. The summed E-state index contributed by atoms with van der Waals surface area (Å²) in [5, 5.41) is 0. The van der Waals surface area contributed by atoms with E-state index in [1.807, 2.05) is 6.92 Å². The molecule has 7 nitrogen and oxygen atoms in total. The molecule has 1 aliphatic carbocycles. The molecule has 0 heterocycles. The molecule has 1 N–H and O–H groups in total. The van der Waals surface area contributed by atoms with Gasteiger partial charge in [0.05, 0.1) is 10.8 Å². The predicted octanol–water partition coefficient (Wildman–Crippen LogP) is 4.46. The van der Waals surface area contributed by atoms with E-state index in [2.05, 4.69) is 0 Å². The number of hydrogen-bond donors (Lipinski definition) is 1. The van der Waals surface area contributed by atoms with E-state index in [0.717, 1.165) is 25.7 Å². The molecule has 0 aromatic rings. The van der Waals surface area contributed by atoms with Crippen molar-refractivity contribution in [3.05, 3.63) is 0 Å². The summed E-state index contributed by atoms with van der Waals surface area (Å²) in [6, 6.07) is 0. The van der Waals surface area contributed by atoms with Gasteiger partial charge in [-0.05, 0) is 72.6 Å². The third kappa shape index (κ3) is 7.07. The lowest BCUT2D eigenvalue weighted by atomic mass is 9.72. The van der Waals surface area contributed by atoms with Crippen molar-refractivity contribution in [2.75, 3.05) is 6.54 Å². The standard InChI is InChI=1S/C21H36F3NO6S/c1-7-19(6,17(27)30-15(3)13-25-32(28,29)21(22,23)24)14-18(4,5)16(26)31-20(8-2)11-9-10-12-20/h15,25H,7-14H2,1-6H3. The summed E-state index contributed by atoms with van der Waals surface area (Å²) < 4.78 is 72.1. The molecule has 188 valence electrons. The number of carbonyl (C=O) groups is 2. The number of sulfonamides is 1. The second-order valence-electron chi connectivity index (χ2n) is 9.62. The molecule has 0 bridgehead atoms. The Balaban J connectivity index is 2.81. The van der Waals surface area contributed by atoms with Crippen LogP contribution in [0.5, 0.6) is 0 Å². The first kappa shape index (κ1) is 28.7. The molecule has 1 rings (SSSR count). The van der Waals surface area contributed by atoms with E-state index in [1.54, 1.807) is 27.7 Å². The molecule has 1 saturated carbocycles. The van der Waals surface area contributed by atoms with Crippen molar-refractivity contribution < 1.29 is 40.7 Å². The summed E-state index contributed by atoms with van der Waals surface area (Å²) in [5.74, 6) is -1.12. The van der Waals surface area contributed by atoms with Gasteiger partial charge in [-0.25, -0.2) is 13.1 Å². The maximum Gasteiger partial charge on any atom is 0.511 e. The number of rotatable bonds is 11. The largest absolute Gasteiger partial charge is 0.511 e. The molecule has 0 aromatic carbocycles. The van der Waals surface area contributed by atoms with Crippen molar-refractivity contribution in [3.8, 4) is 0 Å². The molecule has 2 unspecified atom stereocenters. The van der Waals surface area contributed by atoms with Crippen LogP contribution in [0.2, 0.25) is 0 Å². The second-order valence-corrected chi connectivity index (χ2v) is 11.4. The molecular weight excluding hydrogens is 451 g/mol. The Morgan fingerprint density at radius 2 is 1.59 bits per heavy atom. The number of carbonyl (C=O) groups excluding carboxylic acids is 2. The number of esters is 2. The molecule has 0 radical (unpaired) electrons. The first-order valence-electron chi connectivity index (χ1n) is 10.9. The lowest BCUT2D eigenvalue weighted by Crippen LogP contribution is -2.44. The van der Waals surface area contributed by atoms with Crippen LogP contribution in [0, 0.1) is 10.8 Å². The summed E-state index contributed by atoms with van der Waals surface area (Å²) >= 11 is 0. The van der Waals surface area contributed by atoms with Crippen molar-refractivity contribution in [2.24, 2.45) is 10.8 Å². The van der Waals surface area contributed by atoms with E-state index >= 15 is 0 Å². The molecule has 11 heteroatoms. The maximum atomic E-state index is 13.0. The van der Waals surface area contributed by atoms with Crippen LogP contribution in [0.4, 0.5) is 13.2 Å². The van der Waals surface area contributed by atoms with Crippen LogP contribution in [0.3, 0.4) is 0 Å². The zero-order valence-electron chi connectivity index (χ0n) is 19.7. The topological polar surface area (TPSA) is 98.8 Å². The zero-order chi connectivity index (χ0) is 25.0. The summed E-state index contributed by atoms with van der Waals surface area (Å²) in [4.78, 5) is 25.8. The fraction of sp³-hybridized carbons (Fsp3) is 0.905. The Bertz CT molecular complexity index is 775. The van der Waals surface area contributed by atoms with Gasteiger partial charge < -0.3 is 9.47 Å². The van der Waals surface area contributed by atoms with E-state index in [-0.39, 0.29) is 6.42 Å². The summed E-state index contributed by atoms with van der Waals surface area (Å²) in [5.41, 5.74) is -8.04. The fourth-order valence-corrected chi connectivity index (χ4v) is 4.56. The van der Waals surface area contributed by atoms with Crippen molar-refractivity contribution in [3.63, 3.8) is 0 Å². The van der Waals surface area contributed by atoms with E-state index in [1.165, 1.54) is 11.6 Å². The lowest BCUT2D eigenvalue weighted by Gasteiger charge is -2.37. The van der Waals surface area contributed by atoms with Gasteiger partial charge in [-0.15, -0.1) is 0 Å². The van der Waals surface area contributed by atoms with Crippen molar-refractivity contribution in [2.45, 2.75) is 104 Å². The van der Waals surface area contributed by atoms with Crippen LogP contribution in [-0.2, 0) is 29.1 Å². The van der Waals surface area contributed by atoms with Gasteiger partial charge in [0, 0.05) is 6.54 Å². The first-order chi connectivity index (χ1) is 14.4. The van der Waals surface area contributed by atoms with Gasteiger partial charge in [0.1, 0.15) is 11.7 Å². The van der Waals surface area contributed by atoms with Gasteiger partial charge in [0.15, 0.2) is 0 Å². The third-order valence-electron chi connectivity index (χ3n) is 6.30. The molecule has 0 aromatic heterocycles. The van der Waals surface area contributed by atoms with Gasteiger partial charge in [-0.3, -0.25) is 9.59 Å². The zero-order valence-corrected chi connectivity index (χ0v) is 20.5. The second kappa shape index (κ2) is 10.3. The van der Waals surface area contributed by atoms with Crippen LogP contribution in [-0.4, -0.2) is 44.1 Å². The minimum absolute atomic E-state index is 0.106. The molecule has 1 fully saturated rings. The highest BCUT2D eigenvalue weighted by molar-refractivity contribution is 7.90. The first-order valence-corrected chi connectivity index (χ1v) is 12.4. The maximum absolute atomic E-state index is 13.0. The molecule has 0 amide bonds. The number of hydrogen-bond acceptors (Lipinski definition) is 6. The van der Waals surface area contributed by atoms with Crippen molar-refractivity contribution >= 4 is 22.0 Å². The predicted molar refractivity (Wildman–Crippen MR) is 113 cm³/mol. The SMILES string of the molecule is CCC1(OC(=O)C(C)(C)CC(C)(CC)C(=O)OC(C)CNS(=O)(=O)C(F)(F)F)CCCC1. The minimum atomic E-state index is -5.53. The summed E-state index contributed by atoms with van der Waals surface area (Å²) in [6.45, 7) is 9.28. The highest BCUT2D eigenvalue weighted by atomic mass is 32.2. The summed E-state index contributed by atoms with van der Waals surface area (Å²) in [7, 11) is -5.53. The van der Waals surface area contributed by atoms with Crippen LogP contribution in [0.15, 0.2) is 0 Å². The normalized spacial score (nSPS) is 19.8. The Hall–Kier alpha value is -1.36. The van der Waals surface area contributed by atoms with Gasteiger partial charge in [-0.2, -0.15) is 13.2 Å². The fourth-order valence-electron chi connectivity index (χ4n) is 3.95.